The van der Waals surface area contributed by atoms with E-state index in [4.69, 9.17) is 4.74 Å². The molecule has 0 radical (unpaired) electrons. The van der Waals surface area contributed by atoms with Crippen molar-refractivity contribution in [1.29, 1.82) is 0 Å². The molecule has 0 aromatic heterocycles. The van der Waals surface area contributed by atoms with Crippen molar-refractivity contribution in [2.75, 3.05) is 0 Å². The predicted octanol–water partition coefficient (Wildman–Crippen LogP) is 4.22. The first-order valence-electron chi connectivity index (χ1n) is 9.29. The third kappa shape index (κ3) is 3.67. The summed E-state index contributed by atoms with van der Waals surface area (Å²) in [5.74, 6) is 0.906. The summed E-state index contributed by atoms with van der Waals surface area (Å²) in [7, 11) is 0. The largest absolute Gasteiger partial charge is 0.390 e. The van der Waals surface area contributed by atoms with Crippen molar-refractivity contribution in [3.05, 3.63) is 11.6 Å². The maximum Gasteiger partial charge on any atom is 0.0922 e. The van der Waals surface area contributed by atoms with Crippen LogP contribution in [0.1, 0.15) is 80.1 Å². The zero-order chi connectivity index (χ0) is 17.5. The van der Waals surface area contributed by atoms with Crippen molar-refractivity contribution in [3.8, 4) is 0 Å². The highest BCUT2D eigenvalue weighted by Crippen LogP contribution is 2.53. The van der Waals surface area contributed by atoms with Crippen molar-refractivity contribution < 1.29 is 14.9 Å². The van der Waals surface area contributed by atoms with Gasteiger partial charge in [0.25, 0.3) is 0 Å². The molecule has 0 aromatic carbocycles. The van der Waals surface area contributed by atoms with Gasteiger partial charge in [0.05, 0.1) is 22.9 Å². The van der Waals surface area contributed by atoms with Crippen LogP contribution in [0.5, 0.6) is 0 Å². The summed E-state index contributed by atoms with van der Waals surface area (Å²) in [6, 6.07) is 0. The smallest absolute Gasteiger partial charge is 0.0922 e. The summed E-state index contributed by atoms with van der Waals surface area (Å²) >= 11 is 0. The van der Waals surface area contributed by atoms with Crippen LogP contribution in [0.3, 0.4) is 0 Å². The van der Waals surface area contributed by atoms with Crippen LogP contribution in [0.25, 0.3) is 0 Å². The second-order valence-corrected chi connectivity index (χ2v) is 8.87. The Balaban J connectivity index is 0.000000168. The van der Waals surface area contributed by atoms with Gasteiger partial charge in [-0.2, -0.15) is 0 Å². The number of rotatable bonds is 2. The summed E-state index contributed by atoms with van der Waals surface area (Å²) in [5.41, 5.74) is 0.771. The van der Waals surface area contributed by atoms with E-state index in [2.05, 4.69) is 40.7 Å². The fraction of sp³-hybridized carbons (Fsp3) is 0.900. The maximum absolute atomic E-state index is 10.0. The Hall–Kier alpha value is -0.380. The molecule has 3 heteroatoms. The second kappa shape index (κ2) is 6.50. The number of aliphatic hydroxyl groups is 2. The Labute approximate surface area is 142 Å². The predicted molar refractivity (Wildman–Crippen MR) is 94.3 cm³/mol. The Kier molecular flexibility index (Phi) is 5.35. The summed E-state index contributed by atoms with van der Waals surface area (Å²) in [6.07, 6.45) is 7.75. The van der Waals surface area contributed by atoms with Crippen molar-refractivity contribution in [2.24, 2.45) is 11.8 Å². The molecule has 2 aliphatic heterocycles. The van der Waals surface area contributed by atoms with E-state index in [9.17, 15) is 10.2 Å². The minimum atomic E-state index is -0.417. The number of hydrogen-bond acceptors (Lipinski definition) is 3. The van der Waals surface area contributed by atoms with Crippen LogP contribution >= 0.6 is 0 Å². The van der Waals surface area contributed by atoms with E-state index in [-0.39, 0.29) is 17.3 Å². The second-order valence-electron chi connectivity index (χ2n) is 8.87. The zero-order valence-corrected chi connectivity index (χ0v) is 15.9. The Bertz CT molecular complexity index is 456. The molecule has 2 N–H and O–H groups in total. The lowest BCUT2D eigenvalue weighted by Crippen LogP contribution is -2.36. The van der Waals surface area contributed by atoms with Gasteiger partial charge in [-0.15, -0.1) is 0 Å². The highest BCUT2D eigenvalue weighted by atomic mass is 16.6. The highest BCUT2D eigenvalue weighted by Gasteiger charge is 2.59. The fourth-order valence-electron chi connectivity index (χ4n) is 4.08. The number of aliphatic hydroxyl groups excluding tert-OH is 1. The van der Waals surface area contributed by atoms with Crippen molar-refractivity contribution in [1.82, 2.24) is 0 Å². The Morgan fingerprint density at radius 2 is 1.78 bits per heavy atom. The van der Waals surface area contributed by atoms with E-state index in [1.54, 1.807) is 0 Å². The van der Waals surface area contributed by atoms with Crippen LogP contribution in [-0.4, -0.2) is 33.1 Å². The molecule has 3 nitrogen and oxygen atoms in total. The molecule has 2 saturated heterocycles. The lowest BCUT2D eigenvalue weighted by Gasteiger charge is -2.34. The van der Waals surface area contributed by atoms with Crippen LogP contribution in [0.15, 0.2) is 11.6 Å². The summed E-state index contributed by atoms with van der Waals surface area (Å²) in [4.78, 5) is 0. The molecule has 23 heavy (non-hydrogen) atoms. The zero-order valence-electron chi connectivity index (χ0n) is 15.9. The van der Waals surface area contributed by atoms with Gasteiger partial charge in [0.2, 0.25) is 0 Å². The quantitative estimate of drug-likeness (QED) is 0.748. The molecule has 0 spiro atoms. The monoisotopic (exact) mass is 324 g/mol. The van der Waals surface area contributed by atoms with Crippen LogP contribution in [-0.2, 0) is 4.74 Å². The molecule has 2 fully saturated rings. The molecule has 3 aliphatic rings. The first-order chi connectivity index (χ1) is 10.5. The van der Waals surface area contributed by atoms with Crippen LogP contribution in [0.2, 0.25) is 0 Å². The molecular weight excluding hydrogens is 288 g/mol. The number of allylic oxidation sites excluding steroid dienone is 1. The van der Waals surface area contributed by atoms with E-state index in [1.807, 2.05) is 6.92 Å². The normalized spacial score (nSPS) is 42.7. The maximum atomic E-state index is 10.0. The van der Waals surface area contributed by atoms with Gasteiger partial charge in [0.1, 0.15) is 0 Å². The lowest BCUT2D eigenvalue weighted by molar-refractivity contribution is -0.0801. The van der Waals surface area contributed by atoms with Crippen LogP contribution in [0.4, 0.5) is 0 Å². The molecule has 4 atom stereocenters. The average molecular weight is 325 g/mol. The summed E-state index contributed by atoms with van der Waals surface area (Å²) in [6.45, 7) is 12.7. The Morgan fingerprint density at radius 1 is 1.13 bits per heavy atom. The van der Waals surface area contributed by atoms with Gasteiger partial charge in [-0.1, -0.05) is 39.3 Å². The molecule has 0 saturated carbocycles. The van der Waals surface area contributed by atoms with E-state index in [0.29, 0.717) is 11.8 Å². The topological polar surface area (TPSA) is 49.7 Å². The number of fused-ring (bicyclic) bond motifs is 2. The Morgan fingerprint density at radius 3 is 2.09 bits per heavy atom. The SMILES string of the molecule is CC(C)[C@@]12CC[C@@](C)(O1)[C@H](O)C2.CC1=CCC(O)(C(C)C)CC1. The van der Waals surface area contributed by atoms with E-state index in [0.717, 1.165) is 38.5 Å². The van der Waals surface area contributed by atoms with E-state index in [1.165, 1.54) is 5.57 Å². The standard InChI is InChI=1S/C10H18O2.C10H18O/c1-7(2)10-5-4-9(3,12-10)8(11)6-10;1-8(2)10(11)6-4-9(3)5-7-10/h7-8,11H,4-6H2,1-3H3;4,8,11H,5-7H2,1-3H3/t8-,9-,10+;/m1./s1. The third-order valence-electron chi connectivity index (χ3n) is 6.61. The van der Waals surface area contributed by atoms with Crippen molar-refractivity contribution in [2.45, 2.75) is 103 Å². The molecule has 0 aromatic rings. The molecule has 0 amide bonds. The van der Waals surface area contributed by atoms with Gasteiger partial charge >= 0.3 is 0 Å². The van der Waals surface area contributed by atoms with Gasteiger partial charge < -0.3 is 14.9 Å². The molecule has 2 heterocycles. The van der Waals surface area contributed by atoms with E-state index >= 15 is 0 Å². The number of ether oxygens (including phenoxy) is 1. The average Bonchev–Trinajstić information content (AvgIpc) is 2.95. The minimum absolute atomic E-state index is 0.00579. The first-order valence-corrected chi connectivity index (χ1v) is 9.29. The van der Waals surface area contributed by atoms with Gasteiger partial charge in [0.15, 0.2) is 0 Å². The van der Waals surface area contributed by atoms with Crippen molar-refractivity contribution in [3.63, 3.8) is 0 Å². The van der Waals surface area contributed by atoms with Crippen LogP contribution in [0, 0.1) is 11.8 Å². The molecule has 2 bridgehead atoms. The molecule has 134 valence electrons. The van der Waals surface area contributed by atoms with Crippen LogP contribution < -0.4 is 0 Å². The summed E-state index contributed by atoms with van der Waals surface area (Å²) in [5, 5.41) is 19.8. The highest BCUT2D eigenvalue weighted by molar-refractivity contribution is 5.09. The minimum Gasteiger partial charge on any atom is -0.390 e. The fourth-order valence-corrected chi connectivity index (χ4v) is 4.08. The lowest BCUT2D eigenvalue weighted by atomic mass is 9.76. The van der Waals surface area contributed by atoms with Gasteiger partial charge in [-0.25, -0.2) is 0 Å². The van der Waals surface area contributed by atoms with E-state index < -0.39 is 5.60 Å². The third-order valence-corrected chi connectivity index (χ3v) is 6.61. The molecule has 1 aliphatic carbocycles. The summed E-state index contributed by atoms with van der Waals surface area (Å²) < 4.78 is 5.97. The van der Waals surface area contributed by atoms with Gasteiger partial charge in [-0.05, 0) is 57.8 Å². The molecule has 1 unspecified atom stereocenters. The molecular formula is C20H36O3. The first kappa shape index (κ1) is 19.0. The van der Waals surface area contributed by atoms with Gasteiger partial charge in [-0.3, -0.25) is 0 Å². The van der Waals surface area contributed by atoms with Crippen molar-refractivity contribution >= 4 is 0 Å². The molecule has 3 rings (SSSR count). The van der Waals surface area contributed by atoms with Gasteiger partial charge in [0, 0.05) is 6.42 Å². The number of hydrogen-bond donors (Lipinski definition) is 2.